The van der Waals surface area contributed by atoms with Crippen LogP contribution in [0.2, 0.25) is 5.02 Å². The van der Waals surface area contributed by atoms with E-state index in [0.717, 1.165) is 17.8 Å². The van der Waals surface area contributed by atoms with E-state index in [4.69, 9.17) is 11.6 Å². The first-order valence-corrected chi connectivity index (χ1v) is 8.78. The Bertz CT molecular complexity index is 1010. The molecule has 3 aromatic rings. The molecule has 0 radical (unpaired) electrons. The molecule has 26 heavy (non-hydrogen) atoms. The molecule has 0 aliphatic carbocycles. The van der Waals surface area contributed by atoms with Crippen LogP contribution in [-0.2, 0) is 12.7 Å². The lowest BCUT2D eigenvalue weighted by Crippen LogP contribution is -2.23. The highest BCUT2D eigenvalue weighted by atomic mass is 35.5. The average Bonchev–Trinajstić information content (AvgIpc) is 2.58. The maximum Gasteiger partial charge on any atom is 0.435 e. The fourth-order valence-electron chi connectivity index (χ4n) is 2.29. The highest BCUT2D eigenvalue weighted by molar-refractivity contribution is 7.99. The molecule has 0 amide bonds. The number of halogens is 4. The Morgan fingerprint density at radius 1 is 1.19 bits per heavy atom. The van der Waals surface area contributed by atoms with Gasteiger partial charge in [-0.1, -0.05) is 18.5 Å². The van der Waals surface area contributed by atoms with Gasteiger partial charge >= 0.3 is 6.18 Å². The molecule has 0 aliphatic heterocycles. The van der Waals surface area contributed by atoms with Crippen molar-refractivity contribution in [1.29, 1.82) is 0 Å². The molecule has 5 nitrogen and oxygen atoms in total. The Morgan fingerprint density at radius 2 is 1.96 bits per heavy atom. The summed E-state index contributed by atoms with van der Waals surface area (Å²) in [4.78, 5) is 17.1. The van der Waals surface area contributed by atoms with Gasteiger partial charge in [-0.3, -0.25) is 9.36 Å². The van der Waals surface area contributed by atoms with Crippen LogP contribution < -0.4 is 5.56 Å². The smallest absolute Gasteiger partial charge is 0.287 e. The molecule has 10 heteroatoms. The number of aromatic nitrogens is 4. The van der Waals surface area contributed by atoms with E-state index in [9.17, 15) is 18.0 Å². The lowest BCUT2D eigenvalue weighted by Gasteiger charge is -2.12. The molecular weight excluding hydrogens is 389 g/mol. The average molecular weight is 401 g/mol. The first kappa shape index (κ1) is 18.7. The van der Waals surface area contributed by atoms with Crippen LogP contribution >= 0.6 is 23.4 Å². The molecule has 2 aromatic heterocycles. The Morgan fingerprint density at radius 3 is 2.58 bits per heavy atom. The van der Waals surface area contributed by atoms with Crippen LogP contribution in [0.25, 0.3) is 10.9 Å². The standard InChI is InChI=1S/C16H12ClF3N4OS/c1-2-7-24-14(25)10-4-3-9(17)8-11(10)21-15(24)26-13-6-5-12(22-23-13)16(18,19)20/h3-6,8H,2,7H2,1H3. The predicted molar refractivity (Wildman–Crippen MR) is 92.5 cm³/mol. The van der Waals surface area contributed by atoms with Crippen molar-refractivity contribution in [2.24, 2.45) is 0 Å². The quantitative estimate of drug-likeness (QED) is 0.607. The van der Waals surface area contributed by atoms with E-state index < -0.39 is 11.9 Å². The summed E-state index contributed by atoms with van der Waals surface area (Å²) in [6.45, 7) is 2.33. The Balaban J connectivity index is 2.05. The predicted octanol–water partition coefficient (Wildman–Crippen LogP) is 4.42. The Kier molecular flexibility index (Phi) is 5.19. The molecule has 136 valence electrons. The molecule has 0 fully saturated rings. The zero-order chi connectivity index (χ0) is 18.9. The summed E-state index contributed by atoms with van der Waals surface area (Å²) in [5.41, 5.74) is -0.904. The van der Waals surface area contributed by atoms with Gasteiger partial charge in [0.15, 0.2) is 10.9 Å². The molecule has 0 aliphatic rings. The van der Waals surface area contributed by atoms with E-state index in [2.05, 4.69) is 15.2 Å². The number of alkyl halides is 3. The van der Waals surface area contributed by atoms with Crippen molar-refractivity contribution in [3.63, 3.8) is 0 Å². The Labute approximate surface area is 155 Å². The van der Waals surface area contributed by atoms with E-state index in [1.54, 1.807) is 18.2 Å². The molecule has 2 heterocycles. The fraction of sp³-hybridized carbons (Fsp3) is 0.250. The number of rotatable bonds is 4. The van der Waals surface area contributed by atoms with Crippen molar-refractivity contribution in [3.8, 4) is 0 Å². The van der Waals surface area contributed by atoms with Gasteiger partial charge in [0, 0.05) is 11.6 Å². The van der Waals surface area contributed by atoms with Crippen LogP contribution in [0.3, 0.4) is 0 Å². The summed E-state index contributed by atoms with van der Waals surface area (Å²) < 4.78 is 39.3. The number of fused-ring (bicyclic) bond motifs is 1. The van der Waals surface area contributed by atoms with Gasteiger partial charge in [-0.15, -0.1) is 10.2 Å². The highest BCUT2D eigenvalue weighted by Crippen LogP contribution is 2.30. The summed E-state index contributed by atoms with van der Waals surface area (Å²) in [5.74, 6) is 0. The van der Waals surface area contributed by atoms with E-state index in [1.807, 2.05) is 6.92 Å². The summed E-state index contributed by atoms with van der Waals surface area (Å²) >= 11 is 6.94. The monoisotopic (exact) mass is 400 g/mol. The zero-order valence-corrected chi connectivity index (χ0v) is 15.0. The van der Waals surface area contributed by atoms with Gasteiger partial charge in [0.2, 0.25) is 0 Å². The summed E-state index contributed by atoms with van der Waals surface area (Å²) in [7, 11) is 0. The highest BCUT2D eigenvalue weighted by Gasteiger charge is 2.33. The topological polar surface area (TPSA) is 60.7 Å². The third-order valence-corrected chi connectivity index (χ3v) is 4.61. The normalized spacial score (nSPS) is 11.9. The first-order valence-electron chi connectivity index (χ1n) is 7.58. The van der Waals surface area contributed by atoms with Crippen molar-refractivity contribution in [2.75, 3.05) is 0 Å². The molecule has 0 atom stereocenters. The van der Waals surface area contributed by atoms with Crippen molar-refractivity contribution < 1.29 is 13.2 Å². The Hall–Kier alpha value is -2.13. The second-order valence-corrected chi connectivity index (χ2v) is 6.79. The lowest BCUT2D eigenvalue weighted by molar-refractivity contribution is -0.141. The zero-order valence-electron chi connectivity index (χ0n) is 13.4. The SMILES string of the molecule is CCCn1c(Sc2ccc(C(F)(F)F)nn2)nc2cc(Cl)ccc2c1=O. The van der Waals surface area contributed by atoms with Gasteiger partial charge in [0.1, 0.15) is 5.03 Å². The van der Waals surface area contributed by atoms with Gasteiger partial charge in [-0.05, 0) is 48.5 Å². The van der Waals surface area contributed by atoms with Gasteiger partial charge in [0.25, 0.3) is 5.56 Å². The van der Waals surface area contributed by atoms with E-state index >= 15 is 0 Å². The summed E-state index contributed by atoms with van der Waals surface area (Å²) in [6, 6.07) is 6.82. The van der Waals surface area contributed by atoms with E-state index in [-0.39, 0.29) is 10.6 Å². The minimum Gasteiger partial charge on any atom is -0.287 e. The minimum absolute atomic E-state index is 0.205. The van der Waals surface area contributed by atoms with Crippen molar-refractivity contribution in [1.82, 2.24) is 19.7 Å². The van der Waals surface area contributed by atoms with Gasteiger partial charge in [0.05, 0.1) is 10.9 Å². The maximum absolute atomic E-state index is 12.7. The number of hydrogen-bond acceptors (Lipinski definition) is 5. The van der Waals surface area contributed by atoms with Crippen LogP contribution in [0.4, 0.5) is 13.2 Å². The second-order valence-electron chi connectivity index (χ2n) is 5.37. The van der Waals surface area contributed by atoms with Crippen LogP contribution in [-0.4, -0.2) is 19.7 Å². The molecule has 0 N–H and O–H groups in total. The second kappa shape index (κ2) is 7.24. The molecule has 0 saturated heterocycles. The third-order valence-electron chi connectivity index (χ3n) is 3.46. The minimum atomic E-state index is -4.56. The first-order chi connectivity index (χ1) is 12.3. The lowest BCUT2D eigenvalue weighted by atomic mass is 10.2. The molecule has 0 bridgehead atoms. The van der Waals surface area contributed by atoms with Crippen LogP contribution in [0.1, 0.15) is 19.0 Å². The van der Waals surface area contributed by atoms with Gasteiger partial charge < -0.3 is 0 Å². The van der Waals surface area contributed by atoms with E-state index in [0.29, 0.717) is 34.0 Å². The molecule has 1 aromatic carbocycles. The third kappa shape index (κ3) is 3.83. The number of benzene rings is 1. The summed E-state index contributed by atoms with van der Waals surface area (Å²) in [5, 5.41) is 8.15. The van der Waals surface area contributed by atoms with Crippen LogP contribution in [0.5, 0.6) is 0 Å². The molecular formula is C16H12ClF3N4OS. The van der Waals surface area contributed by atoms with Crippen molar-refractivity contribution in [2.45, 2.75) is 36.2 Å². The molecule has 0 saturated carbocycles. The summed E-state index contributed by atoms with van der Waals surface area (Å²) in [6.07, 6.45) is -3.87. The van der Waals surface area contributed by atoms with E-state index in [1.165, 1.54) is 10.6 Å². The van der Waals surface area contributed by atoms with Gasteiger partial charge in [-0.2, -0.15) is 13.2 Å². The van der Waals surface area contributed by atoms with Crippen molar-refractivity contribution in [3.05, 3.63) is 51.4 Å². The van der Waals surface area contributed by atoms with Crippen LogP contribution in [0.15, 0.2) is 45.3 Å². The fourth-order valence-corrected chi connectivity index (χ4v) is 3.29. The largest absolute Gasteiger partial charge is 0.435 e. The molecule has 0 spiro atoms. The molecule has 3 rings (SSSR count). The van der Waals surface area contributed by atoms with Crippen LogP contribution in [0, 0.1) is 0 Å². The molecule has 0 unspecified atom stereocenters. The van der Waals surface area contributed by atoms with Gasteiger partial charge in [-0.25, -0.2) is 4.98 Å². The number of nitrogens with zero attached hydrogens (tertiary/aromatic N) is 4. The number of hydrogen-bond donors (Lipinski definition) is 0. The van der Waals surface area contributed by atoms with Crippen molar-refractivity contribution >= 4 is 34.3 Å². The maximum atomic E-state index is 12.7.